The van der Waals surface area contributed by atoms with Crippen molar-refractivity contribution >= 4 is 11.4 Å². The maximum absolute atomic E-state index is 11.1. The van der Waals surface area contributed by atoms with Crippen molar-refractivity contribution in [1.82, 2.24) is 5.32 Å². The van der Waals surface area contributed by atoms with Gasteiger partial charge in [0, 0.05) is 19.7 Å². The lowest BCUT2D eigenvalue weighted by Gasteiger charge is -2.28. The van der Waals surface area contributed by atoms with Crippen LogP contribution in [0.5, 0.6) is 0 Å². The van der Waals surface area contributed by atoms with Crippen LogP contribution < -0.4 is 10.2 Å². The largest absolute Gasteiger partial charge is 0.369 e. The Hall–Kier alpha value is -1.62. The van der Waals surface area contributed by atoms with Crippen molar-refractivity contribution in [3.05, 3.63) is 33.9 Å². The summed E-state index contributed by atoms with van der Waals surface area (Å²) in [6.07, 6.45) is 2.29. The summed E-state index contributed by atoms with van der Waals surface area (Å²) >= 11 is 0. The Morgan fingerprint density at radius 1 is 1.42 bits per heavy atom. The molecule has 0 aromatic heterocycles. The molecule has 1 N–H and O–H groups in total. The fourth-order valence-electron chi connectivity index (χ4n) is 2.64. The number of nitrogens with one attached hydrogen (secondary N) is 1. The van der Waals surface area contributed by atoms with E-state index in [9.17, 15) is 10.1 Å². The second-order valence-electron chi connectivity index (χ2n) is 5.32. The zero-order valence-electron chi connectivity index (χ0n) is 11.6. The van der Waals surface area contributed by atoms with Crippen molar-refractivity contribution in [2.24, 2.45) is 5.92 Å². The van der Waals surface area contributed by atoms with Gasteiger partial charge in [0.15, 0.2) is 0 Å². The van der Waals surface area contributed by atoms with Gasteiger partial charge >= 0.3 is 0 Å². The van der Waals surface area contributed by atoms with Gasteiger partial charge in [-0.05, 0) is 50.4 Å². The molecule has 1 aliphatic rings. The molecular formula is C14H21N3O2. The van der Waals surface area contributed by atoms with E-state index in [1.165, 1.54) is 0 Å². The second kappa shape index (κ2) is 6.02. The third kappa shape index (κ3) is 3.44. The number of nitro benzene ring substituents is 1. The molecule has 0 unspecified atom stereocenters. The van der Waals surface area contributed by atoms with Gasteiger partial charge in [-0.2, -0.15) is 0 Å². The fraction of sp³-hybridized carbons (Fsp3) is 0.571. The molecule has 1 fully saturated rings. The molecule has 104 valence electrons. The molecule has 0 atom stereocenters. The molecule has 5 nitrogen and oxygen atoms in total. The Morgan fingerprint density at radius 3 is 2.74 bits per heavy atom. The van der Waals surface area contributed by atoms with Crippen LogP contribution in [0.3, 0.4) is 0 Å². The lowest BCUT2D eigenvalue weighted by atomic mass is 9.97. The molecule has 1 aromatic rings. The number of piperidine rings is 1. The Morgan fingerprint density at radius 2 is 2.11 bits per heavy atom. The molecule has 0 spiro atoms. The van der Waals surface area contributed by atoms with Crippen LogP contribution in [0.4, 0.5) is 11.4 Å². The average Bonchev–Trinajstić information content (AvgIpc) is 2.39. The summed E-state index contributed by atoms with van der Waals surface area (Å²) in [6.45, 7) is 4.94. The van der Waals surface area contributed by atoms with E-state index in [0.717, 1.165) is 43.7 Å². The molecule has 0 amide bonds. The smallest absolute Gasteiger partial charge is 0.292 e. The minimum atomic E-state index is -0.298. The van der Waals surface area contributed by atoms with Gasteiger partial charge in [-0.3, -0.25) is 10.1 Å². The van der Waals surface area contributed by atoms with Crippen LogP contribution in [0.2, 0.25) is 0 Å². The Bertz CT molecular complexity index is 456. The summed E-state index contributed by atoms with van der Waals surface area (Å²) in [7, 11) is 1.95. The SMILES string of the molecule is Cc1ccc([N+](=O)[O-])c(N(C)CC2CCNCC2)c1. The number of nitro groups is 1. The average molecular weight is 263 g/mol. The summed E-state index contributed by atoms with van der Waals surface area (Å²) in [5.41, 5.74) is 1.98. The van der Waals surface area contributed by atoms with E-state index < -0.39 is 0 Å². The maximum atomic E-state index is 11.1. The number of aryl methyl sites for hydroxylation is 1. The first-order chi connectivity index (χ1) is 9.08. The quantitative estimate of drug-likeness (QED) is 0.669. The summed E-state index contributed by atoms with van der Waals surface area (Å²) < 4.78 is 0. The molecule has 2 rings (SSSR count). The van der Waals surface area contributed by atoms with Gasteiger partial charge in [-0.1, -0.05) is 6.07 Å². The van der Waals surface area contributed by atoms with Gasteiger partial charge in [0.2, 0.25) is 0 Å². The number of nitrogens with zero attached hydrogens (tertiary/aromatic N) is 2. The molecule has 0 saturated carbocycles. The number of benzene rings is 1. The highest BCUT2D eigenvalue weighted by Crippen LogP contribution is 2.29. The second-order valence-corrected chi connectivity index (χ2v) is 5.32. The standard InChI is InChI=1S/C14H21N3O2/c1-11-3-4-13(17(18)19)14(9-11)16(2)10-12-5-7-15-8-6-12/h3-4,9,12,15H,5-8,10H2,1-2H3. The van der Waals surface area contributed by atoms with Crippen molar-refractivity contribution < 1.29 is 4.92 Å². The molecule has 1 aliphatic heterocycles. The minimum absolute atomic E-state index is 0.196. The van der Waals surface area contributed by atoms with Crippen LogP contribution in [0, 0.1) is 23.0 Å². The van der Waals surface area contributed by atoms with Crippen LogP contribution in [-0.4, -0.2) is 31.6 Å². The molecule has 1 saturated heterocycles. The first-order valence-electron chi connectivity index (χ1n) is 6.75. The van der Waals surface area contributed by atoms with Gasteiger partial charge in [0.25, 0.3) is 5.69 Å². The van der Waals surface area contributed by atoms with Crippen LogP contribution in [0.1, 0.15) is 18.4 Å². The van der Waals surface area contributed by atoms with Gasteiger partial charge in [0.05, 0.1) is 4.92 Å². The molecule has 1 aromatic carbocycles. The first-order valence-corrected chi connectivity index (χ1v) is 6.75. The molecule has 0 bridgehead atoms. The topological polar surface area (TPSA) is 58.4 Å². The van der Waals surface area contributed by atoms with Gasteiger partial charge in [-0.25, -0.2) is 0 Å². The van der Waals surface area contributed by atoms with Crippen molar-refractivity contribution in [3.63, 3.8) is 0 Å². The van der Waals surface area contributed by atoms with E-state index in [1.54, 1.807) is 12.1 Å². The maximum Gasteiger partial charge on any atom is 0.292 e. The first kappa shape index (κ1) is 13.8. The van der Waals surface area contributed by atoms with Crippen molar-refractivity contribution in [3.8, 4) is 0 Å². The fourth-order valence-corrected chi connectivity index (χ4v) is 2.64. The van der Waals surface area contributed by atoms with Gasteiger partial charge < -0.3 is 10.2 Å². The summed E-state index contributed by atoms with van der Waals surface area (Å²) in [5, 5.41) is 14.4. The Balaban J connectivity index is 2.14. The Kier molecular flexibility index (Phi) is 4.37. The molecule has 0 aliphatic carbocycles. The number of anilines is 1. The third-order valence-corrected chi connectivity index (χ3v) is 3.73. The lowest BCUT2D eigenvalue weighted by Crippen LogP contribution is -2.34. The third-order valence-electron chi connectivity index (χ3n) is 3.73. The predicted octanol–water partition coefficient (Wildman–Crippen LogP) is 2.34. The zero-order valence-corrected chi connectivity index (χ0v) is 11.6. The molecule has 0 radical (unpaired) electrons. The highest BCUT2D eigenvalue weighted by Gasteiger charge is 2.20. The minimum Gasteiger partial charge on any atom is -0.369 e. The van der Waals surface area contributed by atoms with E-state index in [-0.39, 0.29) is 10.6 Å². The van der Waals surface area contributed by atoms with E-state index in [4.69, 9.17) is 0 Å². The lowest BCUT2D eigenvalue weighted by molar-refractivity contribution is -0.384. The molecule has 19 heavy (non-hydrogen) atoms. The Labute approximate surface area is 113 Å². The van der Waals surface area contributed by atoms with Crippen molar-refractivity contribution in [2.45, 2.75) is 19.8 Å². The van der Waals surface area contributed by atoms with E-state index >= 15 is 0 Å². The molecular weight excluding hydrogens is 242 g/mol. The van der Waals surface area contributed by atoms with Gasteiger partial charge in [-0.15, -0.1) is 0 Å². The monoisotopic (exact) mass is 263 g/mol. The summed E-state index contributed by atoms with van der Waals surface area (Å²) in [5.74, 6) is 0.617. The number of hydrogen-bond acceptors (Lipinski definition) is 4. The summed E-state index contributed by atoms with van der Waals surface area (Å²) in [6, 6.07) is 5.29. The molecule has 5 heteroatoms. The molecule has 1 heterocycles. The highest BCUT2D eigenvalue weighted by molar-refractivity contribution is 5.64. The number of hydrogen-bond donors (Lipinski definition) is 1. The van der Waals surface area contributed by atoms with Crippen molar-refractivity contribution in [2.75, 3.05) is 31.6 Å². The summed E-state index contributed by atoms with van der Waals surface area (Å²) in [4.78, 5) is 12.8. The number of rotatable bonds is 4. The normalized spacial score (nSPS) is 16.3. The van der Waals surface area contributed by atoms with Crippen molar-refractivity contribution in [1.29, 1.82) is 0 Å². The highest BCUT2D eigenvalue weighted by atomic mass is 16.6. The van der Waals surface area contributed by atoms with Crippen LogP contribution >= 0.6 is 0 Å². The van der Waals surface area contributed by atoms with E-state index in [2.05, 4.69) is 5.32 Å². The van der Waals surface area contributed by atoms with E-state index in [0.29, 0.717) is 5.92 Å². The van der Waals surface area contributed by atoms with E-state index in [1.807, 2.05) is 24.9 Å². The van der Waals surface area contributed by atoms with Gasteiger partial charge in [0.1, 0.15) is 5.69 Å². The predicted molar refractivity (Wildman–Crippen MR) is 76.7 cm³/mol. The zero-order chi connectivity index (χ0) is 13.8. The van der Waals surface area contributed by atoms with Crippen LogP contribution in [-0.2, 0) is 0 Å². The van der Waals surface area contributed by atoms with Crippen LogP contribution in [0.15, 0.2) is 18.2 Å². The van der Waals surface area contributed by atoms with Crippen LogP contribution in [0.25, 0.3) is 0 Å².